The molecule has 0 saturated carbocycles. The van der Waals surface area contributed by atoms with Crippen molar-refractivity contribution >= 4 is 22.7 Å². The Hall–Kier alpha value is -3.12. The molecule has 0 fully saturated rings. The third-order valence-electron chi connectivity index (χ3n) is 5.34. The molecule has 0 aliphatic carbocycles. The number of nitrogens with one attached hydrogen (secondary N) is 3. The van der Waals surface area contributed by atoms with Crippen molar-refractivity contribution in [1.29, 1.82) is 0 Å². The molecule has 5 N–H and O–H groups in total. The zero-order valence-electron chi connectivity index (χ0n) is 18.3. The lowest BCUT2D eigenvalue weighted by molar-refractivity contribution is -0.131. The number of nitrogens with two attached hydrogens (primary N) is 1. The summed E-state index contributed by atoms with van der Waals surface area (Å²) in [7, 11) is 0. The molecular weight excluding hydrogens is 388 g/mol. The molecular formula is C25H32N4O2. The van der Waals surface area contributed by atoms with Gasteiger partial charge in [-0.05, 0) is 50.3 Å². The van der Waals surface area contributed by atoms with Crippen molar-refractivity contribution in [2.24, 2.45) is 5.73 Å². The molecule has 1 heterocycles. The van der Waals surface area contributed by atoms with E-state index in [1.54, 1.807) is 13.8 Å². The van der Waals surface area contributed by atoms with Crippen molar-refractivity contribution in [3.63, 3.8) is 0 Å². The van der Waals surface area contributed by atoms with Crippen molar-refractivity contribution in [3.05, 3.63) is 71.9 Å². The molecule has 31 heavy (non-hydrogen) atoms. The number of H-pyrrole nitrogens is 1. The van der Waals surface area contributed by atoms with Gasteiger partial charge in [0.2, 0.25) is 11.8 Å². The maximum atomic E-state index is 12.9. The summed E-state index contributed by atoms with van der Waals surface area (Å²) >= 11 is 0. The van der Waals surface area contributed by atoms with Gasteiger partial charge in [-0.2, -0.15) is 0 Å². The molecule has 6 nitrogen and oxygen atoms in total. The summed E-state index contributed by atoms with van der Waals surface area (Å²) in [5.74, 6) is -0.542. The fourth-order valence-electron chi connectivity index (χ4n) is 3.51. The van der Waals surface area contributed by atoms with Gasteiger partial charge in [0.15, 0.2) is 0 Å². The highest BCUT2D eigenvalue weighted by molar-refractivity contribution is 5.92. The summed E-state index contributed by atoms with van der Waals surface area (Å²) in [6, 6.07) is 17.5. The first kappa shape index (κ1) is 22.6. The van der Waals surface area contributed by atoms with Crippen molar-refractivity contribution < 1.29 is 9.59 Å². The SMILES string of the molecule is CC(C)(N)C(=O)N[C@H](Cc1c[nH]c2ccccc12)C(=O)NCCCCc1ccccc1. The van der Waals surface area contributed by atoms with Gasteiger partial charge < -0.3 is 21.4 Å². The number of fused-ring (bicyclic) bond motifs is 1. The number of hydrogen-bond acceptors (Lipinski definition) is 3. The maximum Gasteiger partial charge on any atom is 0.242 e. The lowest BCUT2D eigenvalue weighted by atomic mass is 10.0. The highest BCUT2D eigenvalue weighted by atomic mass is 16.2. The molecule has 3 rings (SSSR count). The van der Waals surface area contributed by atoms with Gasteiger partial charge in [0, 0.05) is 30.1 Å². The average Bonchev–Trinajstić information content (AvgIpc) is 3.16. The van der Waals surface area contributed by atoms with Gasteiger partial charge in [-0.25, -0.2) is 0 Å². The molecule has 0 saturated heterocycles. The topological polar surface area (TPSA) is 100 Å². The van der Waals surface area contributed by atoms with Crippen LogP contribution < -0.4 is 16.4 Å². The summed E-state index contributed by atoms with van der Waals surface area (Å²) < 4.78 is 0. The molecule has 164 valence electrons. The Bertz CT molecular complexity index is 1010. The third kappa shape index (κ3) is 6.43. The molecule has 0 aliphatic rings. The Kier molecular flexibility index (Phi) is 7.47. The predicted molar refractivity (Wildman–Crippen MR) is 125 cm³/mol. The van der Waals surface area contributed by atoms with Gasteiger partial charge in [-0.1, -0.05) is 48.5 Å². The molecule has 6 heteroatoms. The largest absolute Gasteiger partial charge is 0.361 e. The predicted octanol–water partition coefficient (Wildman–Crippen LogP) is 3.07. The molecule has 3 aromatic rings. The van der Waals surface area contributed by atoms with Crippen LogP contribution in [0.3, 0.4) is 0 Å². The minimum Gasteiger partial charge on any atom is -0.361 e. The number of carbonyl (C=O) groups excluding carboxylic acids is 2. The number of para-hydroxylation sites is 1. The Morgan fingerprint density at radius 1 is 1.03 bits per heavy atom. The second kappa shape index (κ2) is 10.3. The van der Waals surface area contributed by atoms with E-state index in [0.717, 1.165) is 35.7 Å². The van der Waals surface area contributed by atoms with Crippen molar-refractivity contribution in [2.75, 3.05) is 6.54 Å². The first-order chi connectivity index (χ1) is 14.8. The van der Waals surface area contributed by atoms with Gasteiger partial charge in [0.05, 0.1) is 5.54 Å². The standard InChI is InChI=1S/C25H32N4O2/c1-25(2,26)24(31)29-22(16-19-17-28-21-14-7-6-13-20(19)21)23(30)27-15-9-8-12-18-10-4-3-5-11-18/h3-7,10-11,13-14,17,22,28H,8-9,12,15-16,26H2,1-2H3,(H,27,30)(H,29,31)/t22-/m1/s1. The van der Waals surface area contributed by atoms with E-state index in [9.17, 15) is 9.59 Å². The number of rotatable bonds is 10. The number of aryl methyl sites for hydroxylation is 1. The lowest BCUT2D eigenvalue weighted by Crippen LogP contribution is -2.56. The maximum absolute atomic E-state index is 12.9. The Morgan fingerprint density at radius 3 is 2.48 bits per heavy atom. The van der Waals surface area contributed by atoms with Gasteiger partial charge in [0.25, 0.3) is 0 Å². The second-order valence-electron chi connectivity index (χ2n) is 8.55. The van der Waals surface area contributed by atoms with E-state index in [1.165, 1.54) is 5.56 Å². The van der Waals surface area contributed by atoms with E-state index in [2.05, 4.69) is 27.8 Å². The number of aromatic nitrogens is 1. The number of carbonyl (C=O) groups is 2. The van der Waals surface area contributed by atoms with Crippen LogP contribution in [0.15, 0.2) is 60.8 Å². The molecule has 0 radical (unpaired) electrons. The molecule has 1 atom stereocenters. The quantitative estimate of drug-likeness (QED) is 0.379. The number of hydrogen-bond donors (Lipinski definition) is 4. The molecule has 1 aromatic heterocycles. The van der Waals surface area contributed by atoms with E-state index < -0.39 is 11.6 Å². The zero-order valence-corrected chi connectivity index (χ0v) is 18.3. The smallest absolute Gasteiger partial charge is 0.242 e. The van der Waals surface area contributed by atoms with Crippen LogP contribution in [0.4, 0.5) is 0 Å². The van der Waals surface area contributed by atoms with Crippen LogP contribution >= 0.6 is 0 Å². The van der Waals surface area contributed by atoms with Gasteiger partial charge in [0.1, 0.15) is 6.04 Å². The van der Waals surface area contributed by atoms with Crippen molar-refractivity contribution in [2.45, 2.75) is 51.1 Å². The summed E-state index contributed by atoms with van der Waals surface area (Å²) in [5, 5.41) is 6.86. The Morgan fingerprint density at radius 2 is 1.74 bits per heavy atom. The first-order valence-electron chi connectivity index (χ1n) is 10.8. The van der Waals surface area contributed by atoms with E-state index >= 15 is 0 Å². The van der Waals surface area contributed by atoms with Gasteiger partial charge in [-0.15, -0.1) is 0 Å². The zero-order chi connectivity index (χ0) is 22.3. The fraction of sp³-hybridized carbons (Fsp3) is 0.360. The minimum absolute atomic E-state index is 0.192. The van der Waals surface area contributed by atoms with E-state index in [-0.39, 0.29) is 11.8 Å². The number of unbranched alkanes of at least 4 members (excludes halogenated alkanes) is 1. The molecule has 0 aliphatic heterocycles. The van der Waals surface area contributed by atoms with Gasteiger partial charge >= 0.3 is 0 Å². The van der Waals surface area contributed by atoms with Crippen molar-refractivity contribution in [1.82, 2.24) is 15.6 Å². The van der Waals surface area contributed by atoms with Crippen LogP contribution in [-0.4, -0.2) is 34.9 Å². The number of amides is 2. The van der Waals surface area contributed by atoms with Crippen LogP contribution in [0.25, 0.3) is 10.9 Å². The second-order valence-corrected chi connectivity index (χ2v) is 8.55. The highest BCUT2D eigenvalue weighted by Crippen LogP contribution is 2.19. The molecule has 0 bridgehead atoms. The van der Waals surface area contributed by atoms with Crippen LogP contribution in [-0.2, 0) is 22.4 Å². The summed E-state index contributed by atoms with van der Waals surface area (Å²) in [5.41, 5.74) is 8.15. The normalized spacial score (nSPS) is 12.5. The molecule has 0 spiro atoms. The minimum atomic E-state index is -1.06. The molecule has 2 aromatic carbocycles. The van der Waals surface area contributed by atoms with Crippen LogP contribution in [0, 0.1) is 0 Å². The Labute approximate surface area is 183 Å². The monoisotopic (exact) mass is 420 g/mol. The average molecular weight is 421 g/mol. The molecule has 2 amide bonds. The van der Waals surface area contributed by atoms with Crippen LogP contribution in [0.1, 0.15) is 37.8 Å². The van der Waals surface area contributed by atoms with E-state index in [4.69, 9.17) is 5.73 Å². The van der Waals surface area contributed by atoms with Gasteiger partial charge in [-0.3, -0.25) is 9.59 Å². The van der Waals surface area contributed by atoms with Crippen LogP contribution in [0.2, 0.25) is 0 Å². The lowest BCUT2D eigenvalue weighted by Gasteiger charge is -2.24. The summed E-state index contributed by atoms with van der Waals surface area (Å²) in [6.45, 7) is 3.83. The van der Waals surface area contributed by atoms with E-state index in [1.807, 2.05) is 48.7 Å². The summed E-state index contributed by atoms with van der Waals surface area (Å²) in [6.07, 6.45) is 5.12. The first-order valence-corrected chi connectivity index (χ1v) is 10.8. The summed E-state index contributed by atoms with van der Waals surface area (Å²) in [4.78, 5) is 28.6. The van der Waals surface area contributed by atoms with Crippen LogP contribution in [0.5, 0.6) is 0 Å². The van der Waals surface area contributed by atoms with E-state index in [0.29, 0.717) is 13.0 Å². The highest BCUT2D eigenvalue weighted by Gasteiger charge is 2.28. The molecule has 0 unspecified atom stereocenters. The number of aromatic amines is 1. The van der Waals surface area contributed by atoms with Crippen molar-refractivity contribution in [3.8, 4) is 0 Å². The fourth-order valence-corrected chi connectivity index (χ4v) is 3.51. The number of benzene rings is 2. The Balaban J connectivity index is 1.60. The third-order valence-corrected chi connectivity index (χ3v) is 5.34.